The predicted molar refractivity (Wildman–Crippen MR) is 79.5 cm³/mol. The fourth-order valence-corrected chi connectivity index (χ4v) is 2.56. The molecule has 2 rings (SSSR count). The highest BCUT2D eigenvalue weighted by atomic mass is 16.2. The number of carbonyl (C=O) groups excluding carboxylic acids is 1. The van der Waals surface area contributed by atoms with Crippen molar-refractivity contribution in [1.29, 1.82) is 0 Å². The van der Waals surface area contributed by atoms with Crippen molar-refractivity contribution in [3.8, 4) is 11.8 Å². The molecule has 2 N–H and O–H groups in total. The normalized spacial score (nSPS) is 15.8. The summed E-state index contributed by atoms with van der Waals surface area (Å²) in [7, 11) is 0. The van der Waals surface area contributed by atoms with Gasteiger partial charge in [-0.05, 0) is 50.3 Å². The second-order valence-electron chi connectivity index (χ2n) is 5.43. The number of rotatable bonds is 3. The van der Waals surface area contributed by atoms with Gasteiger partial charge in [-0.1, -0.05) is 24.8 Å². The fraction of sp³-hybridized carbons (Fsp3) is 0.471. The molecule has 1 aromatic carbocycles. The zero-order valence-electron chi connectivity index (χ0n) is 12.1. The zero-order chi connectivity index (χ0) is 14.6. The second-order valence-corrected chi connectivity index (χ2v) is 5.43. The highest BCUT2D eigenvalue weighted by Crippen LogP contribution is 2.35. The highest BCUT2D eigenvalue weighted by molar-refractivity contribution is 5.96. The molecular formula is C17H21NO2. The lowest BCUT2D eigenvalue weighted by atomic mass is 9.74. The lowest BCUT2D eigenvalue weighted by Gasteiger charge is -2.42. The van der Waals surface area contributed by atoms with E-state index in [0.29, 0.717) is 5.56 Å². The molecule has 20 heavy (non-hydrogen) atoms. The minimum absolute atomic E-state index is 0.00367. The van der Waals surface area contributed by atoms with Crippen LogP contribution < -0.4 is 5.32 Å². The maximum absolute atomic E-state index is 12.5. The summed E-state index contributed by atoms with van der Waals surface area (Å²) in [5.41, 5.74) is 2.38. The van der Waals surface area contributed by atoms with Crippen molar-refractivity contribution >= 4 is 5.91 Å². The third-order valence-electron chi connectivity index (χ3n) is 4.16. The number of benzene rings is 1. The van der Waals surface area contributed by atoms with Gasteiger partial charge >= 0.3 is 0 Å². The summed E-state index contributed by atoms with van der Waals surface area (Å²) in [5, 5.41) is 11.9. The van der Waals surface area contributed by atoms with Crippen molar-refractivity contribution in [3.63, 3.8) is 0 Å². The van der Waals surface area contributed by atoms with Gasteiger partial charge in [-0.15, -0.1) is 0 Å². The molecule has 3 nitrogen and oxygen atoms in total. The van der Waals surface area contributed by atoms with Crippen molar-refractivity contribution in [1.82, 2.24) is 5.32 Å². The molecule has 0 spiro atoms. The van der Waals surface area contributed by atoms with Gasteiger partial charge in [0.05, 0.1) is 0 Å². The molecule has 3 heteroatoms. The Morgan fingerprint density at radius 3 is 2.75 bits per heavy atom. The second kappa shape index (κ2) is 6.11. The quantitative estimate of drug-likeness (QED) is 0.829. The molecule has 106 valence electrons. The van der Waals surface area contributed by atoms with Crippen LogP contribution in [0.5, 0.6) is 0 Å². The van der Waals surface area contributed by atoms with E-state index in [0.717, 1.165) is 30.4 Å². The van der Waals surface area contributed by atoms with Crippen LogP contribution in [0.15, 0.2) is 18.2 Å². The van der Waals surface area contributed by atoms with Crippen LogP contribution in [0.4, 0.5) is 0 Å². The lowest BCUT2D eigenvalue weighted by Crippen LogP contribution is -2.53. The van der Waals surface area contributed by atoms with Crippen LogP contribution in [-0.2, 0) is 0 Å². The van der Waals surface area contributed by atoms with E-state index in [4.69, 9.17) is 5.11 Å². The van der Waals surface area contributed by atoms with E-state index in [1.54, 1.807) is 6.07 Å². The van der Waals surface area contributed by atoms with Gasteiger partial charge in [-0.25, -0.2) is 0 Å². The summed E-state index contributed by atoms with van der Waals surface area (Å²) >= 11 is 0. The first-order chi connectivity index (χ1) is 9.60. The van der Waals surface area contributed by atoms with Crippen LogP contribution in [-0.4, -0.2) is 23.2 Å². The Hall–Kier alpha value is -1.79. The first-order valence-corrected chi connectivity index (χ1v) is 7.13. The smallest absolute Gasteiger partial charge is 0.252 e. The molecule has 0 radical (unpaired) electrons. The number of hydrogen-bond acceptors (Lipinski definition) is 2. The molecule has 1 aliphatic carbocycles. The third kappa shape index (κ3) is 3.02. The molecule has 0 atom stereocenters. The maximum atomic E-state index is 12.5. The predicted octanol–water partition coefficient (Wildman–Crippen LogP) is 2.40. The SMILES string of the molecule is CCC1(NC(=O)c2cc(C#CCO)ccc2C)CCC1. The van der Waals surface area contributed by atoms with Crippen molar-refractivity contribution in [2.45, 2.75) is 45.1 Å². The maximum Gasteiger partial charge on any atom is 0.252 e. The Morgan fingerprint density at radius 1 is 1.45 bits per heavy atom. The zero-order valence-corrected chi connectivity index (χ0v) is 12.1. The number of nitrogens with one attached hydrogen (secondary N) is 1. The first kappa shape index (κ1) is 14.6. The Morgan fingerprint density at radius 2 is 2.20 bits per heavy atom. The minimum Gasteiger partial charge on any atom is -0.384 e. The van der Waals surface area contributed by atoms with E-state index in [1.165, 1.54) is 6.42 Å². The molecule has 1 amide bonds. The summed E-state index contributed by atoms with van der Waals surface area (Å²) in [4.78, 5) is 12.5. The molecule has 0 aliphatic heterocycles. The Bertz CT molecular complexity index is 557. The standard InChI is InChI=1S/C17H21NO2/c1-3-17(9-5-10-17)18-16(20)15-12-14(6-4-11-19)8-7-13(15)2/h7-8,12,19H,3,5,9-11H2,1-2H3,(H,18,20). The Kier molecular flexibility index (Phi) is 4.46. The van der Waals surface area contributed by atoms with E-state index >= 15 is 0 Å². The monoisotopic (exact) mass is 271 g/mol. The number of hydrogen-bond donors (Lipinski definition) is 2. The van der Waals surface area contributed by atoms with E-state index < -0.39 is 0 Å². The average molecular weight is 271 g/mol. The third-order valence-corrected chi connectivity index (χ3v) is 4.16. The molecule has 1 aromatic rings. The number of aryl methyl sites for hydroxylation is 1. The van der Waals surface area contributed by atoms with Crippen LogP contribution >= 0.6 is 0 Å². The lowest BCUT2D eigenvalue weighted by molar-refractivity contribution is 0.0820. The van der Waals surface area contributed by atoms with Gasteiger partial charge in [0.1, 0.15) is 6.61 Å². The van der Waals surface area contributed by atoms with Crippen molar-refractivity contribution in [2.24, 2.45) is 0 Å². The molecule has 1 fully saturated rings. The summed E-state index contributed by atoms with van der Waals surface area (Å²) in [6.45, 7) is 3.88. The topological polar surface area (TPSA) is 49.3 Å². The summed E-state index contributed by atoms with van der Waals surface area (Å²) in [6.07, 6.45) is 4.30. The van der Waals surface area contributed by atoms with Crippen molar-refractivity contribution in [2.75, 3.05) is 6.61 Å². The van der Waals surface area contributed by atoms with Crippen LogP contribution in [0.3, 0.4) is 0 Å². The molecule has 0 saturated heterocycles. The number of aliphatic hydroxyl groups is 1. The van der Waals surface area contributed by atoms with Gasteiger partial charge in [0, 0.05) is 16.7 Å². The summed E-state index contributed by atoms with van der Waals surface area (Å²) < 4.78 is 0. The first-order valence-electron chi connectivity index (χ1n) is 7.13. The minimum atomic E-state index is -0.172. The van der Waals surface area contributed by atoms with Gasteiger partial charge in [-0.3, -0.25) is 4.79 Å². The van der Waals surface area contributed by atoms with E-state index in [1.807, 2.05) is 19.1 Å². The molecular weight excluding hydrogens is 250 g/mol. The Labute approximate surface area is 120 Å². The van der Waals surface area contributed by atoms with Gasteiger partial charge in [0.2, 0.25) is 0 Å². The fourth-order valence-electron chi connectivity index (χ4n) is 2.56. The number of aliphatic hydroxyl groups excluding tert-OH is 1. The number of amides is 1. The number of carbonyl (C=O) groups is 1. The van der Waals surface area contributed by atoms with Gasteiger partial charge in [0.25, 0.3) is 5.91 Å². The van der Waals surface area contributed by atoms with Gasteiger partial charge in [0.15, 0.2) is 0 Å². The van der Waals surface area contributed by atoms with Crippen molar-refractivity contribution in [3.05, 3.63) is 34.9 Å². The summed E-state index contributed by atoms with van der Waals surface area (Å²) in [6, 6.07) is 5.57. The van der Waals surface area contributed by atoms with E-state index in [-0.39, 0.29) is 18.1 Å². The van der Waals surface area contributed by atoms with Gasteiger partial charge in [-0.2, -0.15) is 0 Å². The van der Waals surface area contributed by atoms with Crippen LogP contribution in [0, 0.1) is 18.8 Å². The Balaban J connectivity index is 2.20. The molecule has 1 aliphatic rings. The highest BCUT2D eigenvalue weighted by Gasteiger charge is 2.36. The van der Waals surface area contributed by atoms with Crippen molar-refractivity contribution < 1.29 is 9.90 Å². The van der Waals surface area contributed by atoms with Gasteiger partial charge < -0.3 is 10.4 Å². The van der Waals surface area contributed by atoms with Crippen LogP contribution in [0.2, 0.25) is 0 Å². The van der Waals surface area contributed by atoms with Crippen LogP contribution in [0.1, 0.15) is 54.1 Å². The summed E-state index contributed by atoms with van der Waals surface area (Å²) in [5.74, 6) is 5.43. The van der Waals surface area contributed by atoms with E-state index in [2.05, 4.69) is 24.1 Å². The molecule has 1 saturated carbocycles. The largest absolute Gasteiger partial charge is 0.384 e. The van der Waals surface area contributed by atoms with Crippen LogP contribution in [0.25, 0.3) is 0 Å². The molecule has 0 bridgehead atoms. The molecule has 0 unspecified atom stereocenters. The molecule has 0 heterocycles. The average Bonchev–Trinajstić information content (AvgIpc) is 2.41. The van der Waals surface area contributed by atoms with E-state index in [9.17, 15) is 4.79 Å². The molecule has 0 aromatic heterocycles.